The summed E-state index contributed by atoms with van der Waals surface area (Å²) in [5.41, 5.74) is 0. The Morgan fingerprint density at radius 2 is 2.25 bits per heavy atom. The molecule has 3 nitrogen and oxygen atoms in total. The predicted molar refractivity (Wildman–Crippen MR) is 45.9 cm³/mol. The molecule has 0 radical (unpaired) electrons. The minimum absolute atomic E-state index is 0.221. The Hall–Kier alpha value is -0.120. The number of aliphatic hydroxyl groups is 2. The quantitative estimate of drug-likeness (QED) is 0.659. The molecule has 0 bridgehead atoms. The van der Waals surface area contributed by atoms with E-state index in [-0.39, 0.29) is 6.10 Å². The van der Waals surface area contributed by atoms with E-state index in [9.17, 15) is 5.11 Å². The molecular weight excluding hydrogens is 156 g/mol. The zero-order valence-corrected chi connectivity index (χ0v) is 7.57. The summed E-state index contributed by atoms with van der Waals surface area (Å²) in [6.07, 6.45) is 2.68. The van der Waals surface area contributed by atoms with Crippen LogP contribution in [0.3, 0.4) is 0 Å². The largest absolute Gasteiger partial charge is 0.393 e. The molecule has 2 N–H and O–H groups in total. The average Bonchev–Trinajstić information content (AvgIpc) is 2.37. The van der Waals surface area contributed by atoms with Gasteiger partial charge >= 0.3 is 0 Å². The van der Waals surface area contributed by atoms with Crippen LogP contribution in [0.15, 0.2) is 0 Å². The lowest BCUT2D eigenvalue weighted by atomic mass is 10.0. The molecule has 72 valence electrons. The molecule has 1 aliphatic rings. The number of hydrogen-bond donors (Lipinski definition) is 2. The molecule has 0 aliphatic carbocycles. The number of hydrogen-bond acceptors (Lipinski definition) is 3. The van der Waals surface area contributed by atoms with Crippen LogP contribution in [0.4, 0.5) is 0 Å². The second kappa shape index (κ2) is 4.80. The van der Waals surface area contributed by atoms with E-state index in [2.05, 4.69) is 0 Å². The van der Waals surface area contributed by atoms with Gasteiger partial charge in [-0.3, -0.25) is 0 Å². The molecule has 1 aliphatic heterocycles. The molecule has 3 atom stereocenters. The average molecular weight is 174 g/mol. The van der Waals surface area contributed by atoms with Gasteiger partial charge in [-0.25, -0.2) is 0 Å². The fourth-order valence-corrected chi connectivity index (χ4v) is 1.62. The van der Waals surface area contributed by atoms with Crippen molar-refractivity contribution in [1.29, 1.82) is 0 Å². The third kappa shape index (κ3) is 3.52. The van der Waals surface area contributed by atoms with Crippen LogP contribution in [-0.2, 0) is 4.74 Å². The second-order valence-corrected chi connectivity index (χ2v) is 3.61. The van der Waals surface area contributed by atoms with Gasteiger partial charge < -0.3 is 14.9 Å². The van der Waals surface area contributed by atoms with E-state index in [0.29, 0.717) is 12.8 Å². The van der Waals surface area contributed by atoms with E-state index in [1.54, 1.807) is 6.92 Å². The third-order valence-corrected chi connectivity index (χ3v) is 2.17. The highest BCUT2D eigenvalue weighted by atomic mass is 16.5. The van der Waals surface area contributed by atoms with Crippen molar-refractivity contribution >= 4 is 0 Å². The molecule has 1 heterocycles. The maximum atomic E-state index is 9.44. The summed E-state index contributed by atoms with van der Waals surface area (Å²) in [6.45, 7) is 2.52. The summed E-state index contributed by atoms with van der Waals surface area (Å²) >= 11 is 0. The van der Waals surface area contributed by atoms with Gasteiger partial charge in [-0.1, -0.05) is 0 Å². The van der Waals surface area contributed by atoms with Crippen LogP contribution >= 0.6 is 0 Å². The lowest BCUT2D eigenvalue weighted by Crippen LogP contribution is -2.21. The first-order chi connectivity index (χ1) is 5.68. The molecule has 1 fully saturated rings. The number of aliphatic hydroxyl groups excluding tert-OH is 2. The predicted octanol–water partition coefficient (Wildman–Crippen LogP) is 0.687. The Labute approximate surface area is 73.4 Å². The molecule has 1 rings (SSSR count). The van der Waals surface area contributed by atoms with Gasteiger partial charge in [-0.05, 0) is 32.6 Å². The number of rotatable bonds is 4. The molecule has 3 heteroatoms. The van der Waals surface area contributed by atoms with Gasteiger partial charge in [-0.15, -0.1) is 0 Å². The smallest absolute Gasteiger partial charge is 0.0600 e. The zero-order valence-electron chi connectivity index (χ0n) is 7.57. The maximum absolute atomic E-state index is 9.44. The molecule has 12 heavy (non-hydrogen) atoms. The van der Waals surface area contributed by atoms with Crippen molar-refractivity contribution in [2.24, 2.45) is 0 Å². The van der Waals surface area contributed by atoms with Crippen LogP contribution in [0, 0.1) is 0 Å². The normalized spacial score (nSPS) is 28.8. The van der Waals surface area contributed by atoms with Gasteiger partial charge in [-0.2, -0.15) is 0 Å². The first kappa shape index (κ1) is 9.96. The monoisotopic (exact) mass is 174 g/mol. The van der Waals surface area contributed by atoms with Crippen LogP contribution in [0.2, 0.25) is 0 Å². The molecule has 0 saturated carbocycles. The Balaban J connectivity index is 2.11. The van der Waals surface area contributed by atoms with Crippen LogP contribution < -0.4 is 0 Å². The van der Waals surface area contributed by atoms with Crippen LogP contribution in [0.1, 0.15) is 32.6 Å². The highest BCUT2D eigenvalue weighted by Crippen LogP contribution is 2.18. The minimum atomic E-state index is -0.415. The zero-order chi connectivity index (χ0) is 8.97. The third-order valence-electron chi connectivity index (χ3n) is 2.17. The van der Waals surface area contributed by atoms with E-state index in [4.69, 9.17) is 9.84 Å². The summed E-state index contributed by atoms with van der Waals surface area (Å²) in [6, 6.07) is 0. The van der Waals surface area contributed by atoms with Gasteiger partial charge in [0.15, 0.2) is 0 Å². The first-order valence-electron chi connectivity index (χ1n) is 4.66. The Morgan fingerprint density at radius 1 is 1.50 bits per heavy atom. The van der Waals surface area contributed by atoms with Gasteiger partial charge in [0.05, 0.1) is 18.3 Å². The fourth-order valence-electron chi connectivity index (χ4n) is 1.62. The molecular formula is C9H18O3. The van der Waals surface area contributed by atoms with Crippen LogP contribution in [0.5, 0.6) is 0 Å². The van der Waals surface area contributed by atoms with Gasteiger partial charge in [0.25, 0.3) is 0 Å². The summed E-state index contributed by atoms with van der Waals surface area (Å²) in [7, 11) is 0. The van der Waals surface area contributed by atoms with E-state index in [0.717, 1.165) is 19.4 Å². The maximum Gasteiger partial charge on any atom is 0.0600 e. The van der Waals surface area contributed by atoms with Crippen molar-refractivity contribution in [3.05, 3.63) is 0 Å². The fraction of sp³-hybridized carbons (Fsp3) is 1.00. The van der Waals surface area contributed by atoms with Crippen LogP contribution in [0.25, 0.3) is 0 Å². The molecule has 0 spiro atoms. The molecule has 0 aromatic carbocycles. The summed E-state index contributed by atoms with van der Waals surface area (Å²) < 4.78 is 5.36. The Bertz CT molecular complexity index is 119. The van der Waals surface area contributed by atoms with Gasteiger partial charge in [0, 0.05) is 6.61 Å². The first-order valence-corrected chi connectivity index (χ1v) is 4.66. The van der Waals surface area contributed by atoms with Crippen molar-refractivity contribution < 1.29 is 14.9 Å². The molecule has 0 unspecified atom stereocenters. The SMILES string of the molecule is C[C@@H](O)C[C@H](O)C[C@@H]1CCCO1. The Kier molecular flexibility index (Phi) is 3.98. The van der Waals surface area contributed by atoms with Crippen molar-refractivity contribution in [2.75, 3.05) is 6.61 Å². The number of ether oxygens (including phenoxy) is 1. The van der Waals surface area contributed by atoms with Crippen molar-refractivity contribution in [3.63, 3.8) is 0 Å². The second-order valence-electron chi connectivity index (χ2n) is 3.61. The van der Waals surface area contributed by atoms with Crippen molar-refractivity contribution in [3.8, 4) is 0 Å². The van der Waals surface area contributed by atoms with E-state index < -0.39 is 12.2 Å². The van der Waals surface area contributed by atoms with Gasteiger partial charge in [0.2, 0.25) is 0 Å². The topological polar surface area (TPSA) is 49.7 Å². The summed E-state index contributed by atoms with van der Waals surface area (Å²) in [5.74, 6) is 0. The van der Waals surface area contributed by atoms with E-state index >= 15 is 0 Å². The molecule has 0 aromatic rings. The minimum Gasteiger partial charge on any atom is -0.393 e. The lowest BCUT2D eigenvalue weighted by Gasteiger charge is -2.16. The van der Waals surface area contributed by atoms with E-state index in [1.807, 2.05) is 0 Å². The molecule has 0 amide bonds. The highest BCUT2D eigenvalue weighted by Gasteiger charge is 2.19. The van der Waals surface area contributed by atoms with Crippen molar-refractivity contribution in [1.82, 2.24) is 0 Å². The highest BCUT2D eigenvalue weighted by molar-refractivity contribution is 4.70. The standard InChI is InChI=1S/C9H18O3/c1-7(10)5-8(11)6-9-3-2-4-12-9/h7-11H,2-6H2,1H3/t7-,8+,9+/m1/s1. The Morgan fingerprint density at radius 3 is 2.75 bits per heavy atom. The molecule has 0 aromatic heterocycles. The summed E-state index contributed by atoms with van der Waals surface area (Å²) in [4.78, 5) is 0. The van der Waals surface area contributed by atoms with Crippen LogP contribution in [-0.4, -0.2) is 35.1 Å². The molecule has 1 saturated heterocycles. The van der Waals surface area contributed by atoms with Gasteiger partial charge in [0.1, 0.15) is 0 Å². The lowest BCUT2D eigenvalue weighted by molar-refractivity contribution is 0.0304. The van der Waals surface area contributed by atoms with E-state index in [1.165, 1.54) is 0 Å². The summed E-state index contributed by atoms with van der Waals surface area (Å²) in [5, 5.41) is 18.4. The van der Waals surface area contributed by atoms with Crippen molar-refractivity contribution in [2.45, 2.75) is 50.9 Å².